The number of halogens is 2. The van der Waals surface area contributed by atoms with Gasteiger partial charge in [0.05, 0.1) is 4.88 Å². The number of carbonyl (C=O) groups excluding carboxylic acids is 1. The summed E-state index contributed by atoms with van der Waals surface area (Å²) in [7, 11) is 0. The van der Waals surface area contributed by atoms with Gasteiger partial charge in [-0.15, -0.1) is 11.3 Å². The van der Waals surface area contributed by atoms with E-state index in [1.807, 2.05) is 13.0 Å². The van der Waals surface area contributed by atoms with Crippen LogP contribution in [0, 0.1) is 6.92 Å². The van der Waals surface area contributed by atoms with E-state index in [4.69, 9.17) is 11.6 Å². The Hall–Kier alpha value is -0.640. The molecule has 0 spiro atoms. The third-order valence-corrected chi connectivity index (χ3v) is 4.31. The molecule has 0 aliphatic heterocycles. The molecule has 1 heterocycles. The molecule has 1 nitrogen and oxygen atoms in total. The highest BCUT2D eigenvalue weighted by Gasteiger charge is 2.15. The van der Waals surface area contributed by atoms with Gasteiger partial charge in [-0.05, 0) is 53.2 Å². The van der Waals surface area contributed by atoms with E-state index < -0.39 is 0 Å². The smallest absolute Gasteiger partial charge is 0.204 e. The molecule has 1 aromatic carbocycles. The molecule has 2 aromatic rings. The maximum Gasteiger partial charge on any atom is 0.204 e. The van der Waals surface area contributed by atoms with Crippen LogP contribution in [0.15, 0.2) is 34.8 Å². The largest absolute Gasteiger partial charge is 0.288 e. The zero-order valence-electron chi connectivity index (χ0n) is 8.46. The fourth-order valence-electron chi connectivity index (χ4n) is 1.37. The highest BCUT2D eigenvalue weighted by atomic mass is 79.9. The van der Waals surface area contributed by atoms with Crippen molar-refractivity contribution in [2.75, 3.05) is 0 Å². The molecule has 16 heavy (non-hydrogen) atoms. The van der Waals surface area contributed by atoms with Gasteiger partial charge in [-0.25, -0.2) is 0 Å². The van der Waals surface area contributed by atoms with Gasteiger partial charge in [-0.2, -0.15) is 0 Å². The highest BCUT2D eigenvalue weighted by Crippen LogP contribution is 2.29. The molecule has 0 fully saturated rings. The lowest BCUT2D eigenvalue weighted by Crippen LogP contribution is -1.98. The average Bonchev–Trinajstić information content (AvgIpc) is 2.58. The lowest BCUT2D eigenvalue weighted by atomic mass is 10.1. The summed E-state index contributed by atoms with van der Waals surface area (Å²) in [6, 6.07) is 8.89. The second-order valence-electron chi connectivity index (χ2n) is 3.37. The first kappa shape index (κ1) is 11.8. The van der Waals surface area contributed by atoms with Crippen molar-refractivity contribution in [1.82, 2.24) is 0 Å². The quantitative estimate of drug-likeness (QED) is 0.734. The summed E-state index contributed by atoms with van der Waals surface area (Å²) in [5, 5.41) is 0.637. The maximum absolute atomic E-state index is 12.1. The zero-order chi connectivity index (χ0) is 11.7. The summed E-state index contributed by atoms with van der Waals surface area (Å²) in [6.45, 7) is 1.98. The van der Waals surface area contributed by atoms with Crippen molar-refractivity contribution in [2.24, 2.45) is 0 Å². The molecular formula is C12H8BrClOS. The molecule has 82 valence electrons. The number of aryl methyl sites for hydroxylation is 1. The zero-order valence-corrected chi connectivity index (χ0v) is 11.6. The Bertz CT molecular complexity index is 530. The molecule has 0 saturated heterocycles. The lowest BCUT2D eigenvalue weighted by molar-refractivity contribution is 0.104. The highest BCUT2D eigenvalue weighted by molar-refractivity contribution is 9.10. The molecule has 0 bridgehead atoms. The Kier molecular flexibility index (Phi) is 3.47. The number of ketones is 1. The van der Waals surface area contributed by atoms with Crippen molar-refractivity contribution < 1.29 is 4.79 Å². The van der Waals surface area contributed by atoms with Crippen molar-refractivity contribution in [2.45, 2.75) is 6.92 Å². The Morgan fingerprint density at radius 1 is 1.31 bits per heavy atom. The van der Waals surface area contributed by atoms with Gasteiger partial charge in [-0.1, -0.05) is 11.6 Å². The SMILES string of the molecule is Cc1cc(Br)c(C(=O)c2ccc(Cl)cc2)s1. The van der Waals surface area contributed by atoms with Crippen molar-refractivity contribution in [3.8, 4) is 0 Å². The molecule has 0 unspecified atom stereocenters. The first-order chi connectivity index (χ1) is 7.58. The van der Waals surface area contributed by atoms with E-state index in [1.165, 1.54) is 11.3 Å². The molecular weight excluding hydrogens is 308 g/mol. The van der Waals surface area contributed by atoms with E-state index in [0.29, 0.717) is 10.6 Å². The van der Waals surface area contributed by atoms with Gasteiger partial charge >= 0.3 is 0 Å². The summed E-state index contributed by atoms with van der Waals surface area (Å²) >= 11 is 10.7. The van der Waals surface area contributed by atoms with Crippen LogP contribution < -0.4 is 0 Å². The topological polar surface area (TPSA) is 17.1 Å². The van der Waals surface area contributed by atoms with Crippen molar-refractivity contribution >= 4 is 44.7 Å². The van der Waals surface area contributed by atoms with Crippen LogP contribution in [0.25, 0.3) is 0 Å². The van der Waals surface area contributed by atoms with Gasteiger partial charge in [0.2, 0.25) is 5.78 Å². The van der Waals surface area contributed by atoms with E-state index in [2.05, 4.69) is 15.9 Å². The molecule has 0 N–H and O–H groups in total. The Balaban J connectivity index is 2.39. The fraction of sp³-hybridized carbons (Fsp3) is 0.0833. The number of hydrogen-bond acceptors (Lipinski definition) is 2. The molecule has 2 rings (SSSR count). The van der Waals surface area contributed by atoms with Gasteiger partial charge < -0.3 is 0 Å². The Labute approximate surface area is 111 Å². The Morgan fingerprint density at radius 3 is 2.44 bits per heavy atom. The van der Waals surface area contributed by atoms with E-state index in [-0.39, 0.29) is 5.78 Å². The molecule has 0 radical (unpaired) electrons. The van der Waals surface area contributed by atoms with E-state index >= 15 is 0 Å². The molecule has 0 aliphatic rings. The predicted octanol–water partition coefficient (Wildman–Crippen LogP) is 4.70. The van der Waals surface area contributed by atoms with Gasteiger partial charge in [0.25, 0.3) is 0 Å². The first-order valence-electron chi connectivity index (χ1n) is 4.64. The maximum atomic E-state index is 12.1. The number of rotatable bonds is 2. The van der Waals surface area contributed by atoms with Crippen LogP contribution in [-0.2, 0) is 0 Å². The summed E-state index contributed by atoms with van der Waals surface area (Å²) in [5.74, 6) is 0.0293. The number of carbonyl (C=O) groups is 1. The summed E-state index contributed by atoms with van der Waals surface area (Å²) in [5.41, 5.74) is 0.659. The third-order valence-electron chi connectivity index (χ3n) is 2.12. The summed E-state index contributed by atoms with van der Waals surface area (Å²) in [4.78, 5) is 14.0. The normalized spacial score (nSPS) is 10.4. The first-order valence-corrected chi connectivity index (χ1v) is 6.63. The van der Waals surface area contributed by atoms with Crippen LogP contribution >= 0.6 is 38.9 Å². The molecule has 4 heteroatoms. The second-order valence-corrected chi connectivity index (χ2v) is 5.92. The van der Waals surface area contributed by atoms with Crippen LogP contribution in [0.5, 0.6) is 0 Å². The van der Waals surface area contributed by atoms with Gasteiger partial charge in [0.1, 0.15) is 0 Å². The number of benzene rings is 1. The van der Waals surface area contributed by atoms with E-state index in [1.54, 1.807) is 24.3 Å². The van der Waals surface area contributed by atoms with Crippen molar-refractivity contribution in [3.05, 3.63) is 55.1 Å². The summed E-state index contributed by atoms with van der Waals surface area (Å²) < 4.78 is 0.856. The van der Waals surface area contributed by atoms with Crippen LogP contribution in [0.1, 0.15) is 20.1 Å². The monoisotopic (exact) mass is 314 g/mol. The minimum atomic E-state index is 0.0293. The number of thiophene rings is 1. The van der Waals surface area contributed by atoms with E-state index in [9.17, 15) is 4.79 Å². The van der Waals surface area contributed by atoms with Crippen LogP contribution in [0.4, 0.5) is 0 Å². The Morgan fingerprint density at radius 2 is 1.94 bits per heavy atom. The van der Waals surface area contributed by atoms with Crippen LogP contribution in [-0.4, -0.2) is 5.78 Å². The second kappa shape index (κ2) is 4.70. The van der Waals surface area contributed by atoms with Crippen LogP contribution in [0.2, 0.25) is 5.02 Å². The third kappa shape index (κ3) is 2.37. The molecule has 0 aliphatic carbocycles. The standard InChI is InChI=1S/C12H8BrClOS/c1-7-6-10(13)12(16-7)11(15)8-2-4-9(14)5-3-8/h2-6H,1H3. The summed E-state index contributed by atoms with van der Waals surface area (Å²) in [6.07, 6.45) is 0. The minimum absolute atomic E-state index is 0.0293. The predicted molar refractivity (Wildman–Crippen MR) is 71.6 cm³/mol. The van der Waals surface area contributed by atoms with Crippen LogP contribution in [0.3, 0.4) is 0 Å². The average molecular weight is 316 g/mol. The van der Waals surface area contributed by atoms with Gasteiger partial charge in [0.15, 0.2) is 0 Å². The molecule has 1 aromatic heterocycles. The molecule has 0 amide bonds. The number of hydrogen-bond donors (Lipinski definition) is 0. The van der Waals surface area contributed by atoms with Crippen molar-refractivity contribution in [3.63, 3.8) is 0 Å². The lowest BCUT2D eigenvalue weighted by Gasteiger charge is -1.99. The van der Waals surface area contributed by atoms with Gasteiger partial charge in [-0.3, -0.25) is 4.79 Å². The molecule has 0 saturated carbocycles. The molecule has 0 atom stereocenters. The minimum Gasteiger partial charge on any atom is -0.288 e. The fourth-order valence-corrected chi connectivity index (χ4v) is 3.28. The van der Waals surface area contributed by atoms with Gasteiger partial charge in [0, 0.05) is 19.9 Å². The van der Waals surface area contributed by atoms with Crippen molar-refractivity contribution in [1.29, 1.82) is 0 Å². The van der Waals surface area contributed by atoms with E-state index in [0.717, 1.165) is 14.2 Å².